The van der Waals surface area contributed by atoms with E-state index >= 15 is 0 Å². The van der Waals surface area contributed by atoms with Crippen molar-refractivity contribution < 1.29 is 19.8 Å². The van der Waals surface area contributed by atoms with E-state index in [1.54, 1.807) is 0 Å². The highest BCUT2D eigenvalue weighted by Crippen LogP contribution is 2.38. The fourth-order valence-corrected chi connectivity index (χ4v) is 4.81. The van der Waals surface area contributed by atoms with Crippen molar-refractivity contribution >= 4 is 11.9 Å². The van der Waals surface area contributed by atoms with Gasteiger partial charge in [0.2, 0.25) is 0 Å². The van der Waals surface area contributed by atoms with E-state index in [0.29, 0.717) is 12.8 Å². The van der Waals surface area contributed by atoms with Crippen LogP contribution in [0.5, 0.6) is 0 Å². The molecule has 0 bridgehead atoms. The van der Waals surface area contributed by atoms with Gasteiger partial charge in [-0.05, 0) is 25.7 Å². The number of hydrogen-bond donors (Lipinski definition) is 2. The largest absolute Gasteiger partial charge is 0.481 e. The SMILES string of the molecule is CCCCCCCCCCC(CCCCCCCCCC)(CCCCCC(=O)O)C(=O)O. The molecule has 0 aromatic rings. The van der Waals surface area contributed by atoms with Crippen molar-refractivity contribution in [3.05, 3.63) is 0 Å². The number of unbranched alkanes of at least 4 members (excludes halogenated alkanes) is 16. The Labute approximate surface area is 199 Å². The second-order valence-electron chi connectivity index (χ2n) is 9.99. The van der Waals surface area contributed by atoms with Crippen molar-refractivity contribution in [2.24, 2.45) is 5.41 Å². The first-order chi connectivity index (χ1) is 15.5. The Balaban J connectivity index is 4.46. The quantitative estimate of drug-likeness (QED) is 0.135. The third-order valence-electron chi connectivity index (χ3n) is 7.02. The number of carboxylic acids is 2. The van der Waals surface area contributed by atoms with Crippen molar-refractivity contribution in [1.29, 1.82) is 0 Å². The van der Waals surface area contributed by atoms with Gasteiger partial charge in [-0.25, -0.2) is 0 Å². The smallest absolute Gasteiger partial charge is 0.309 e. The maximum absolute atomic E-state index is 12.4. The Bertz CT molecular complexity index is 427. The number of hydrogen-bond acceptors (Lipinski definition) is 2. The first kappa shape index (κ1) is 30.9. The first-order valence-electron chi connectivity index (χ1n) is 13.9. The lowest BCUT2D eigenvalue weighted by Crippen LogP contribution is -2.31. The maximum Gasteiger partial charge on any atom is 0.309 e. The number of carbonyl (C=O) groups is 2. The molecular formula is C28H54O4. The van der Waals surface area contributed by atoms with Gasteiger partial charge in [0.25, 0.3) is 0 Å². The molecule has 2 N–H and O–H groups in total. The van der Waals surface area contributed by atoms with Gasteiger partial charge in [0, 0.05) is 6.42 Å². The first-order valence-corrected chi connectivity index (χ1v) is 13.9. The van der Waals surface area contributed by atoms with Crippen LogP contribution in [0.25, 0.3) is 0 Å². The van der Waals surface area contributed by atoms with Crippen LogP contribution in [0.15, 0.2) is 0 Å². The average Bonchev–Trinajstić information content (AvgIpc) is 2.76. The Morgan fingerprint density at radius 3 is 1.12 bits per heavy atom. The molecule has 0 aliphatic carbocycles. The normalized spacial score (nSPS) is 11.7. The molecule has 0 radical (unpaired) electrons. The Hall–Kier alpha value is -1.06. The number of rotatable bonds is 25. The number of carboxylic acid groups (broad SMARTS) is 2. The topological polar surface area (TPSA) is 74.6 Å². The average molecular weight is 455 g/mol. The molecule has 0 amide bonds. The van der Waals surface area contributed by atoms with Gasteiger partial charge in [-0.2, -0.15) is 0 Å². The molecule has 0 aromatic heterocycles. The summed E-state index contributed by atoms with van der Waals surface area (Å²) in [5, 5.41) is 19.0. The summed E-state index contributed by atoms with van der Waals surface area (Å²) in [5.41, 5.74) is -0.604. The molecule has 0 aliphatic heterocycles. The van der Waals surface area contributed by atoms with Crippen molar-refractivity contribution in [3.8, 4) is 0 Å². The molecular weight excluding hydrogens is 400 g/mol. The minimum atomic E-state index is -0.757. The van der Waals surface area contributed by atoms with Gasteiger partial charge < -0.3 is 10.2 Å². The standard InChI is InChI=1S/C28H54O4/c1-3-5-7-9-11-13-15-19-23-28(27(31)32,25-21-17-18-22-26(29)30)24-20-16-14-12-10-8-6-4-2/h3-25H2,1-2H3,(H,29,30)(H,31,32). The van der Waals surface area contributed by atoms with E-state index in [-0.39, 0.29) is 6.42 Å². The van der Waals surface area contributed by atoms with Crippen LogP contribution in [0.4, 0.5) is 0 Å². The molecule has 0 heterocycles. The molecule has 190 valence electrons. The van der Waals surface area contributed by atoms with E-state index < -0.39 is 17.4 Å². The van der Waals surface area contributed by atoms with Crippen molar-refractivity contribution in [2.45, 2.75) is 162 Å². The van der Waals surface area contributed by atoms with Gasteiger partial charge in [-0.1, -0.05) is 129 Å². The minimum Gasteiger partial charge on any atom is -0.481 e. The summed E-state index contributed by atoms with van der Waals surface area (Å²) >= 11 is 0. The van der Waals surface area contributed by atoms with Crippen LogP contribution in [0, 0.1) is 5.41 Å². The van der Waals surface area contributed by atoms with E-state index in [1.807, 2.05) is 0 Å². The van der Waals surface area contributed by atoms with E-state index in [4.69, 9.17) is 5.11 Å². The number of aliphatic carboxylic acids is 2. The van der Waals surface area contributed by atoms with Gasteiger partial charge >= 0.3 is 11.9 Å². The molecule has 4 heteroatoms. The lowest BCUT2D eigenvalue weighted by Gasteiger charge is -2.30. The zero-order valence-electron chi connectivity index (χ0n) is 21.5. The summed E-state index contributed by atoms with van der Waals surface area (Å²) in [5.74, 6) is -1.38. The molecule has 0 aromatic carbocycles. The predicted molar refractivity (Wildman–Crippen MR) is 135 cm³/mol. The summed E-state index contributed by atoms with van der Waals surface area (Å²) in [7, 11) is 0. The highest BCUT2D eigenvalue weighted by Gasteiger charge is 2.36. The van der Waals surface area contributed by atoms with Gasteiger partial charge in [0.1, 0.15) is 0 Å². The zero-order valence-corrected chi connectivity index (χ0v) is 21.5. The van der Waals surface area contributed by atoms with Crippen LogP contribution >= 0.6 is 0 Å². The Morgan fingerprint density at radius 2 is 0.812 bits per heavy atom. The van der Waals surface area contributed by atoms with Crippen LogP contribution in [0.3, 0.4) is 0 Å². The molecule has 0 aliphatic rings. The fourth-order valence-electron chi connectivity index (χ4n) is 4.81. The van der Waals surface area contributed by atoms with E-state index in [1.165, 1.54) is 77.0 Å². The van der Waals surface area contributed by atoms with Gasteiger partial charge in [-0.3, -0.25) is 9.59 Å². The van der Waals surface area contributed by atoms with Crippen molar-refractivity contribution in [2.75, 3.05) is 0 Å². The summed E-state index contributed by atoms with van der Waals surface area (Å²) in [6, 6.07) is 0. The Kier molecular flexibility index (Phi) is 21.0. The van der Waals surface area contributed by atoms with Crippen LogP contribution in [0.2, 0.25) is 0 Å². The molecule has 0 atom stereocenters. The third kappa shape index (κ3) is 17.5. The second kappa shape index (κ2) is 21.8. The molecule has 0 saturated heterocycles. The summed E-state index contributed by atoms with van der Waals surface area (Å²) in [4.78, 5) is 23.1. The van der Waals surface area contributed by atoms with E-state index in [9.17, 15) is 14.7 Å². The summed E-state index contributed by atoms with van der Waals surface area (Å²) in [6.45, 7) is 4.47. The van der Waals surface area contributed by atoms with Crippen LogP contribution in [-0.2, 0) is 9.59 Å². The molecule has 32 heavy (non-hydrogen) atoms. The monoisotopic (exact) mass is 454 g/mol. The third-order valence-corrected chi connectivity index (χ3v) is 7.02. The van der Waals surface area contributed by atoms with Crippen LogP contribution in [0.1, 0.15) is 162 Å². The second-order valence-corrected chi connectivity index (χ2v) is 9.99. The molecule has 0 spiro atoms. The summed E-state index contributed by atoms with van der Waals surface area (Å²) < 4.78 is 0. The van der Waals surface area contributed by atoms with Crippen LogP contribution < -0.4 is 0 Å². The van der Waals surface area contributed by atoms with Gasteiger partial charge in [0.05, 0.1) is 5.41 Å². The van der Waals surface area contributed by atoms with Gasteiger partial charge in [0.15, 0.2) is 0 Å². The lowest BCUT2D eigenvalue weighted by atomic mass is 9.74. The van der Waals surface area contributed by atoms with Gasteiger partial charge in [-0.15, -0.1) is 0 Å². The predicted octanol–water partition coefficient (Wildman–Crippen LogP) is 9.15. The van der Waals surface area contributed by atoms with E-state index in [0.717, 1.165) is 51.4 Å². The fraction of sp³-hybridized carbons (Fsp3) is 0.929. The Morgan fingerprint density at radius 1 is 0.500 bits per heavy atom. The van der Waals surface area contributed by atoms with Crippen molar-refractivity contribution in [1.82, 2.24) is 0 Å². The molecule has 0 saturated carbocycles. The zero-order chi connectivity index (χ0) is 23.9. The highest BCUT2D eigenvalue weighted by molar-refractivity contribution is 5.74. The highest BCUT2D eigenvalue weighted by atomic mass is 16.4. The maximum atomic E-state index is 12.4. The molecule has 0 rings (SSSR count). The van der Waals surface area contributed by atoms with Crippen molar-refractivity contribution in [3.63, 3.8) is 0 Å². The lowest BCUT2D eigenvalue weighted by molar-refractivity contribution is -0.151. The minimum absolute atomic E-state index is 0.191. The summed E-state index contributed by atoms with van der Waals surface area (Å²) in [6.07, 6.45) is 24.5. The molecule has 0 unspecified atom stereocenters. The van der Waals surface area contributed by atoms with Crippen LogP contribution in [-0.4, -0.2) is 22.2 Å². The molecule has 4 nitrogen and oxygen atoms in total. The van der Waals surface area contributed by atoms with E-state index in [2.05, 4.69) is 13.8 Å². The molecule has 0 fully saturated rings.